The Morgan fingerprint density at radius 2 is 1.85 bits per heavy atom. The van der Waals surface area contributed by atoms with Gasteiger partial charge in [-0.05, 0) is 42.8 Å². The van der Waals surface area contributed by atoms with Gasteiger partial charge in [0.1, 0.15) is 0 Å². The van der Waals surface area contributed by atoms with Gasteiger partial charge in [0.2, 0.25) is 0 Å². The van der Waals surface area contributed by atoms with Crippen LogP contribution in [0.3, 0.4) is 0 Å². The number of amides is 2. The lowest BCUT2D eigenvalue weighted by atomic mass is 10.1. The van der Waals surface area contributed by atoms with Crippen molar-refractivity contribution in [1.82, 2.24) is 4.90 Å². The van der Waals surface area contributed by atoms with Gasteiger partial charge >= 0.3 is 0 Å². The van der Waals surface area contributed by atoms with Gasteiger partial charge < -0.3 is 15.2 Å². The number of imide groups is 1. The molecule has 7 heteroatoms. The Kier molecular flexibility index (Phi) is 4.50. The van der Waals surface area contributed by atoms with Gasteiger partial charge in [-0.2, -0.15) is 5.26 Å². The minimum Gasteiger partial charge on any atom is -0.493 e. The minimum atomic E-state index is -1.09. The van der Waals surface area contributed by atoms with Crippen LogP contribution in [0, 0.1) is 11.3 Å². The first-order valence-corrected chi connectivity index (χ1v) is 7.99. The van der Waals surface area contributed by atoms with E-state index >= 15 is 0 Å². The molecule has 2 N–H and O–H groups in total. The predicted molar refractivity (Wildman–Crippen MR) is 93.9 cm³/mol. The van der Waals surface area contributed by atoms with Crippen molar-refractivity contribution in [3.05, 3.63) is 53.1 Å². The molecule has 26 heavy (non-hydrogen) atoms. The van der Waals surface area contributed by atoms with Crippen molar-refractivity contribution < 1.29 is 19.1 Å². The Balaban J connectivity index is 2.03. The first kappa shape index (κ1) is 17.3. The summed E-state index contributed by atoms with van der Waals surface area (Å²) in [5, 5.41) is 9.66. The Morgan fingerprint density at radius 3 is 2.50 bits per heavy atom. The van der Waals surface area contributed by atoms with Crippen molar-refractivity contribution in [2.24, 2.45) is 0 Å². The number of nitrogen functional groups attached to an aromatic ring is 1. The van der Waals surface area contributed by atoms with Crippen LogP contribution in [0.2, 0.25) is 0 Å². The lowest BCUT2D eigenvalue weighted by Crippen LogP contribution is -2.33. The Morgan fingerprint density at radius 1 is 1.12 bits per heavy atom. The van der Waals surface area contributed by atoms with Crippen LogP contribution in [0.1, 0.15) is 39.2 Å². The lowest BCUT2D eigenvalue weighted by Gasteiger charge is -2.21. The van der Waals surface area contributed by atoms with Gasteiger partial charge in [0.05, 0.1) is 30.9 Å². The van der Waals surface area contributed by atoms with Crippen LogP contribution in [-0.2, 0) is 0 Å². The van der Waals surface area contributed by atoms with Crippen LogP contribution in [-0.4, -0.2) is 30.4 Å². The molecule has 0 radical (unpaired) electrons. The molecular formula is C19H17N3O4. The number of methoxy groups -OCH3 is 1. The summed E-state index contributed by atoms with van der Waals surface area (Å²) in [5.41, 5.74) is 6.99. The van der Waals surface area contributed by atoms with E-state index in [1.807, 2.05) is 13.0 Å². The summed E-state index contributed by atoms with van der Waals surface area (Å²) in [7, 11) is 1.51. The zero-order valence-corrected chi connectivity index (χ0v) is 14.4. The zero-order valence-electron chi connectivity index (χ0n) is 14.4. The molecule has 1 unspecified atom stereocenters. The van der Waals surface area contributed by atoms with E-state index in [4.69, 9.17) is 15.2 Å². The molecule has 0 aliphatic carbocycles. The second kappa shape index (κ2) is 6.76. The molecule has 1 aliphatic heterocycles. The number of benzene rings is 2. The normalized spacial score (nSPS) is 14.0. The van der Waals surface area contributed by atoms with Crippen molar-refractivity contribution in [3.63, 3.8) is 0 Å². The van der Waals surface area contributed by atoms with Crippen molar-refractivity contribution in [2.45, 2.75) is 13.0 Å². The number of carbonyl (C=O) groups is 2. The molecule has 0 bridgehead atoms. The fraction of sp³-hybridized carbons (Fsp3) is 0.211. The highest BCUT2D eigenvalue weighted by atomic mass is 16.5. The van der Waals surface area contributed by atoms with Gasteiger partial charge in [-0.3, -0.25) is 14.5 Å². The van der Waals surface area contributed by atoms with Gasteiger partial charge in [-0.15, -0.1) is 0 Å². The summed E-state index contributed by atoms with van der Waals surface area (Å²) in [6.45, 7) is 2.23. The van der Waals surface area contributed by atoms with Crippen molar-refractivity contribution in [2.75, 3.05) is 19.5 Å². The summed E-state index contributed by atoms with van der Waals surface area (Å²) < 4.78 is 10.7. The molecule has 0 fully saturated rings. The van der Waals surface area contributed by atoms with E-state index in [9.17, 15) is 14.9 Å². The van der Waals surface area contributed by atoms with Crippen LogP contribution < -0.4 is 15.2 Å². The Hall–Kier alpha value is -3.53. The summed E-state index contributed by atoms with van der Waals surface area (Å²) >= 11 is 0. The number of hydrogen-bond donors (Lipinski definition) is 1. The highest BCUT2D eigenvalue weighted by Crippen LogP contribution is 2.36. The van der Waals surface area contributed by atoms with E-state index in [0.29, 0.717) is 29.4 Å². The average Bonchev–Trinajstić information content (AvgIpc) is 2.87. The van der Waals surface area contributed by atoms with Crippen LogP contribution in [0.15, 0.2) is 36.4 Å². The van der Waals surface area contributed by atoms with Gasteiger partial charge in [-0.1, -0.05) is 6.07 Å². The van der Waals surface area contributed by atoms with Crippen LogP contribution in [0.5, 0.6) is 11.5 Å². The SMILES string of the molecule is CCOc1cc(C(C#N)N2C(=O)c3ccc(N)cc3C2=O)ccc1OC. The molecule has 1 aliphatic rings. The van der Waals surface area contributed by atoms with Crippen LogP contribution >= 0.6 is 0 Å². The van der Waals surface area contributed by atoms with Crippen molar-refractivity contribution in [1.29, 1.82) is 5.26 Å². The van der Waals surface area contributed by atoms with Crippen molar-refractivity contribution in [3.8, 4) is 17.6 Å². The van der Waals surface area contributed by atoms with E-state index in [1.165, 1.54) is 19.2 Å². The summed E-state index contributed by atoms with van der Waals surface area (Å²) in [5.74, 6) is -0.126. The van der Waals surface area contributed by atoms with E-state index in [0.717, 1.165) is 4.90 Å². The van der Waals surface area contributed by atoms with Crippen LogP contribution in [0.4, 0.5) is 5.69 Å². The number of hydrogen-bond acceptors (Lipinski definition) is 6. The Labute approximate surface area is 150 Å². The molecule has 0 aromatic heterocycles. The van der Waals surface area contributed by atoms with E-state index < -0.39 is 17.9 Å². The molecule has 0 spiro atoms. The number of anilines is 1. The molecule has 2 aromatic carbocycles. The fourth-order valence-corrected chi connectivity index (χ4v) is 2.92. The third-order valence-electron chi connectivity index (χ3n) is 4.13. The predicted octanol–water partition coefficient (Wildman–Crippen LogP) is 2.54. The minimum absolute atomic E-state index is 0.203. The molecule has 0 saturated heterocycles. The average molecular weight is 351 g/mol. The largest absolute Gasteiger partial charge is 0.493 e. The second-order valence-corrected chi connectivity index (χ2v) is 5.66. The smallest absolute Gasteiger partial charge is 0.263 e. The number of rotatable bonds is 5. The van der Waals surface area contributed by atoms with Gasteiger partial charge in [0.25, 0.3) is 11.8 Å². The molecule has 132 valence electrons. The lowest BCUT2D eigenvalue weighted by molar-refractivity contribution is 0.0617. The molecule has 3 rings (SSSR count). The van der Waals surface area contributed by atoms with Gasteiger partial charge in [0, 0.05) is 5.69 Å². The highest BCUT2D eigenvalue weighted by Gasteiger charge is 2.41. The highest BCUT2D eigenvalue weighted by molar-refractivity contribution is 6.22. The summed E-state index contributed by atoms with van der Waals surface area (Å²) in [6, 6.07) is 10.3. The number of ether oxygens (including phenoxy) is 2. The standard InChI is InChI=1S/C19H17N3O4/c1-3-26-17-8-11(4-7-16(17)25-2)15(10-20)22-18(23)13-6-5-12(21)9-14(13)19(22)24/h4-9,15H,3,21H2,1-2H3. The van der Waals surface area contributed by atoms with E-state index in [2.05, 4.69) is 0 Å². The molecule has 1 atom stereocenters. The molecule has 7 nitrogen and oxygen atoms in total. The molecular weight excluding hydrogens is 334 g/mol. The maximum absolute atomic E-state index is 12.7. The number of fused-ring (bicyclic) bond motifs is 1. The summed E-state index contributed by atoms with van der Waals surface area (Å²) in [6.07, 6.45) is 0. The maximum Gasteiger partial charge on any atom is 0.263 e. The zero-order chi connectivity index (χ0) is 18.8. The second-order valence-electron chi connectivity index (χ2n) is 5.66. The topological polar surface area (TPSA) is 106 Å². The quantitative estimate of drug-likeness (QED) is 0.655. The molecule has 2 aromatic rings. The van der Waals surface area contributed by atoms with E-state index in [-0.39, 0.29) is 11.1 Å². The van der Waals surface area contributed by atoms with Crippen LogP contribution in [0.25, 0.3) is 0 Å². The van der Waals surface area contributed by atoms with Gasteiger partial charge in [0.15, 0.2) is 17.5 Å². The summed E-state index contributed by atoms with van der Waals surface area (Å²) in [4.78, 5) is 26.3. The number of nitrogens with zero attached hydrogens (tertiary/aromatic N) is 2. The van der Waals surface area contributed by atoms with Crippen molar-refractivity contribution >= 4 is 17.5 Å². The first-order valence-electron chi connectivity index (χ1n) is 7.99. The number of nitriles is 1. The first-order chi connectivity index (χ1) is 12.5. The molecule has 0 saturated carbocycles. The third-order valence-corrected chi connectivity index (χ3v) is 4.13. The van der Waals surface area contributed by atoms with E-state index in [1.54, 1.807) is 24.3 Å². The molecule has 1 heterocycles. The number of carbonyl (C=O) groups excluding carboxylic acids is 2. The Bertz CT molecular complexity index is 933. The van der Waals surface area contributed by atoms with Gasteiger partial charge in [-0.25, -0.2) is 0 Å². The monoisotopic (exact) mass is 351 g/mol. The third kappa shape index (κ3) is 2.71. The maximum atomic E-state index is 12.7. The number of nitrogens with two attached hydrogens (primary N) is 1. The fourth-order valence-electron chi connectivity index (χ4n) is 2.92. The molecule has 2 amide bonds.